The number of anilines is 1. The van der Waals surface area contributed by atoms with Gasteiger partial charge in [-0.25, -0.2) is 9.18 Å². The number of pyridine rings is 1. The molecule has 8 aliphatic rings. The van der Waals surface area contributed by atoms with Gasteiger partial charge in [-0.15, -0.1) is 18.3 Å². The molecule has 5 aliphatic carbocycles. The number of carbonyl (C=O) groups is 4. The monoisotopic (exact) mass is 1170 g/mol. The number of nitrogens with zero attached hydrogens (tertiary/aromatic N) is 3. The number of carbonyl (C=O) groups excluding carboxylic acids is 4. The molecule has 12 atom stereocenters. The van der Waals surface area contributed by atoms with Crippen LogP contribution < -0.4 is 16.1 Å². The number of piperidine rings is 1. The maximum absolute atomic E-state index is 16.1. The average molecular weight is 1170 g/mol. The van der Waals surface area contributed by atoms with Gasteiger partial charge < -0.3 is 34.3 Å². The largest absolute Gasteiger partial charge is 0.461 e. The second-order valence-electron chi connectivity index (χ2n) is 28.0. The minimum Gasteiger partial charge on any atom is -0.461 e. The minimum atomic E-state index is -0.680. The number of benzene rings is 1. The fraction of sp³-hybridized carbons (Fsp3) is 0.776. The van der Waals surface area contributed by atoms with Crippen molar-refractivity contribution in [3.8, 4) is 0 Å². The molecular weight excluding hydrogens is 1080 g/mol. The Morgan fingerprint density at radius 1 is 0.878 bits per heavy atom. The van der Waals surface area contributed by atoms with Gasteiger partial charge in [0, 0.05) is 89.6 Å². The highest BCUT2D eigenvalue weighted by Crippen LogP contribution is 2.68. The summed E-state index contributed by atoms with van der Waals surface area (Å²) in [7, 11) is 2.24. The number of ketones is 1. The lowest BCUT2D eigenvalue weighted by molar-refractivity contribution is -0.212. The average Bonchev–Trinajstić information content (AvgIpc) is 1.65. The number of aromatic nitrogens is 1. The van der Waals surface area contributed by atoms with E-state index in [1.54, 1.807) is 18.0 Å². The number of nitrogens with two attached hydrogens (primary N) is 1. The number of esters is 3. The predicted octanol–water partition coefficient (Wildman–Crippen LogP) is 14.3. The SMILES string of the molecule is C=C[C@@]1(C)C[C@H](OC(=O)CSC2CC3CCC(C2)N3C)[C@@]2(C)C(C)CCC3(CCC(=O)C32)[C@H](C)[C@H]1OC(=O)CCCCCCCCCCC(CCCCCC)OC(=O)c1cn(C2CC2)c2c(Cl)c(N3C[C@@H](N)C4(CC4)C3)c(F)cc2c1=O. The summed E-state index contributed by atoms with van der Waals surface area (Å²) in [5.41, 5.74) is 5.06. The fourth-order valence-corrected chi connectivity index (χ4v) is 18.7. The van der Waals surface area contributed by atoms with Crippen molar-refractivity contribution in [3.63, 3.8) is 0 Å². The van der Waals surface area contributed by atoms with Gasteiger partial charge in [0.05, 0.1) is 27.4 Å². The summed E-state index contributed by atoms with van der Waals surface area (Å²) in [5, 5.41) is 0.751. The van der Waals surface area contributed by atoms with Gasteiger partial charge in [0.25, 0.3) is 0 Å². The highest BCUT2D eigenvalue weighted by Gasteiger charge is 2.69. The van der Waals surface area contributed by atoms with E-state index in [0.29, 0.717) is 73.1 Å². The number of hydrogen-bond acceptors (Lipinski definition) is 12. The highest BCUT2D eigenvalue weighted by atomic mass is 35.5. The lowest BCUT2D eigenvalue weighted by Crippen LogP contribution is -2.63. The molecule has 3 aliphatic heterocycles. The molecule has 8 fully saturated rings. The van der Waals surface area contributed by atoms with Crippen LogP contribution in [0, 0.1) is 45.2 Å². The zero-order valence-corrected chi connectivity index (χ0v) is 52.1. The Hall–Kier alpha value is -3.46. The summed E-state index contributed by atoms with van der Waals surface area (Å²) in [6, 6.07) is 2.48. The Kier molecular flexibility index (Phi) is 19.1. The predicted molar refractivity (Wildman–Crippen MR) is 326 cm³/mol. The van der Waals surface area contributed by atoms with Gasteiger partial charge in [0.2, 0.25) is 5.43 Å². The summed E-state index contributed by atoms with van der Waals surface area (Å²) in [4.78, 5) is 75.0. The molecule has 3 saturated heterocycles. The van der Waals surface area contributed by atoms with Crippen molar-refractivity contribution < 1.29 is 37.8 Å². The lowest BCUT2D eigenvalue weighted by atomic mass is 9.44. The first-order valence-corrected chi connectivity index (χ1v) is 33.9. The Morgan fingerprint density at radius 3 is 2.16 bits per heavy atom. The maximum Gasteiger partial charge on any atom is 0.343 e. The molecule has 0 radical (unpaired) electrons. The number of Topliss-reactive ketones (excluding diaryl/α,β-unsaturated/α-hetero) is 1. The number of halogens is 2. The Bertz CT molecular complexity index is 2740. The van der Waals surface area contributed by atoms with Gasteiger partial charge in [-0.2, -0.15) is 0 Å². The van der Waals surface area contributed by atoms with E-state index in [9.17, 15) is 24.0 Å². The van der Waals surface area contributed by atoms with Crippen LogP contribution in [0.3, 0.4) is 0 Å². The van der Waals surface area contributed by atoms with Crippen LogP contribution in [0.25, 0.3) is 10.9 Å². The van der Waals surface area contributed by atoms with Crippen molar-refractivity contribution in [1.29, 1.82) is 0 Å². The van der Waals surface area contributed by atoms with Crippen LogP contribution in [-0.4, -0.2) is 101 Å². The molecule has 1 aromatic heterocycles. The third-order valence-electron chi connectivity index (χ3n) is 22.9. The zero-order valence-electron chi connectivity index (χ0n) is 50.6. The molecule has 2 N–H and O–H groups in total. The molecule has 0 amide bonds. The molecule has 15 heteroatoms. The number of rotatable bonds is 26. The molecule has 4 bridgehead atoms. The third-order valence-corrected chi connectivity index (χ3v) is 24.5. The van der Waals surface area contributed by atoms with Crippen LogP contribution in [0.1, 0.15) is 231 Å². The van der Waals surface area contributed by atoms with Crippen molar-refractivity contribution in [1.82, 2.24) is 9.47 Å². The van der Waals surface area contributed by atoms with Crippen LogP contribution in [0.2, 0.25) is 5.02 Å². The van der Waals surface area contributed by atoms with Gasteiger partial charge in [-0.3, -0.25) is 19.2 Å². The van der Waals surface area contributed by atoms with Gasteiger partial charge >= 0.3 is 17.9 Å². The molecule has 2 aromatic rings. The maximum atomic E-state index is 16.1. The molecule has 454 valence electrons. The van der Waals surface area contributed by atoms with Crippen molar-refractivity contribution in [2.24, 2.45) is 45.1 Å². The molecule has 1 aromatic carbocycles. The molecule has 6 unspecified atom stereocenters. The smallest absolute Gasteiger partial charge is 0.343 e. The van der Waals surface area contributed by atoms with E-state index in [-0.39, 0.29) is 80.5 Å². The Morgan fingerprint density at radius 2 is 1.52 bits per heavy atom. The third kappa shape index (κ3) is 12.3. The van der Waals surface area contributed by atoms with E-state index in [4.69, 9.17) is 31.5 Å². The molecule has 5 saturated carbocycles. The molecule has 10 rings (SSSR count). The van der Waals surface area contributed by atoms with E-state index in [1.165, 1.54) is 18.9 Å². The summed E-state index contributed by atoms with van der Waals surface area (Å²) in [5.74, 6) is -1.25. The Balaban J connectivity index is 0.700. The van der Waals surface area contributed by atoms with Crippen LogP contribution in [0.5, 0.6) is 0 Å². The van der Waals surface area contributed by atoms with Gasteiger partial charge in [0.1, 0.15) is 35.5 Å². The van der Waals surface area contributed by atoms with E-state index in [2.05, 4.69) is 53.1 Å². The molecule has 1 spiro atoms. The van der Waals surface area contributed by atoms with E-state index in [0.717, 1.165) is 141 Å². The van der Waals surface area contributed by atoms with Crippen LogP contribution in [0.4, 0.5) is 10.1 Å². The standard InChI is InChI=1S/C67H98ClFN4O8S/c1-8-10-11-18-21-47(79-63(78)50-38-73(44-24-25-44)58-49(60(50)77)36-51(69)59(57(58)68)72-39-53(70)66(41-72)32-33-66)22-19-16-14-12-13-15-17-20-23-55(75)81-62-43(4)67-30-28-42(3)65(6,61(67)52(74)29-31-67)54(37-64(62,5)9-2)80-56(76)40-82-48-34-45-26-27-46(35-48)71(45)7/h9,36,38,42-48,53-54,61-62H,2,8,10-35,37,39-41,70H2,1,3-7H3/t42?,43-,45?,46?,47?,48?,53-,54+,61?,62-,64+,65-,67?/m1/s1. The van der Waals surface area contributed by atoms with Gasteiger partial charge in [-0.1, -0.05) is 110 Å². The summed E-state index contributed by atoms with van der Waals surface area (Å²) >= 11 is 8.81. The first-order valence-electron chi connectivity index (χ1n) is 32.4. The first-order chi connectivity index (χ1) is 39.3. The van der Waals surface area contributed by atoms with Crippen LogP contribution in [-0.2, 0) is 28.6 Å². The van der Waals surface area contributed by atoms with Crippen molar-refractivity contribution in [3.05, 3.63) is 51.5 Å². The van der Waals surface area contributed by atoms with Crippen LogP contribution in [0.15, 0.2) is 29.7 Å². The second kappa shape index (κ2) is 25.5. The van der Waals surface area contributed by atoms with E-state index >= 15 is 4.39 Å². The van der Waals surface area contributed by atoms with Gasteiger partial charge in [-0.05, 0) is 134 Å². The number of unbranched alkanes of at least 4 members (excludes halogenated alkanes) is 10. The lowest BCUT2D eigenvalue weighted by Gasteiger charge is -2.62. The zero-order chi connectivity index (χ0) is 58.3. The highest BCUT2D eigenvalue weighted by molar-refractivity contribution is 8.00. The number of thioether (sulfide) groups is 1. The molecule has 4 heterocycles. The fourth-order valence-electron chi connectivity index (χ4n) is 17.1. The number of hydrogen-bond donors (Lipinski definition) is 1. The van der Waals surface area contributed by atoms with Gasteiger partial charge in [0.15, 0.2) is 0 Å². The Labute approximate surface area is 498 Å². The van der Waals surface area contributed by atoms with E-state index in [1.807, 2.05) is 15.5 Å². The van der Waals surface area contributed by atoms with Crippen molar-refractivity contribution in [2.75, 3.05) is 30.8 Å². The molecule has 12 nitrogen and oxygen atoms in total. The van der Waals surface area contributed by atoms with E-state index < -0.39 is 40.3 Å². The molecular formula is C67H98ClFN4O8S. The molecule has 82 heavy (non-hydrogen) atoms. The van der Waals surface area contributed by atoms with Crippen LogP contribution >= 0.6 is 23.4 Å². The second-order valence-corrected chi connectivity index (χ2v) is 29.7. The summed E-state index contributed by atoms with van der Waals surface area (Å²) in [6.45, 7) is 16.5. The number of ether oxygens (including phenoxy) is 3. The minimum absolute atomic E-state index is 0.0101. The quantitative estimate of drug-likeness (QED) is 0.0413. The number of fused-ring (bicyclic) bond motifs is 3. The summed E-state index contributed by atoms with van der Waals surface area (Å²) < 4.78 is 37.6. The van der Waals surface area contributed by atoms with Crippen molar-refractivity contribution >= 4 is 63.6 Å². The van der Waals surface area contributed by atoms with Crippen molar-refractivity contribution in [2.45, 2.75) is 262 Å². The first kappa shape index (κ1) is 61.6. The summed E-state index contributed by atoms with van der Waals surface area (Å²) in [6.07, 6.45) is 27.9. The topological polar surface area (TPSA) is 150 Å². The normalized spacial score (nSPS) is 33.3.